The van der Waals surface area contributed by atoms with Crippen LogP contribution in [0.25, 0.3) is 0 Å². The van der Waals surface area contributed by atoms with E-state index >= 15 is 0 Å². The molecule has 0 aliphatic rings. The van der Waals surface area contributed by atoms with Gasteiger partial charge in [0, 0.05) is 6.92 Å². The average molecular weight is 214 g/mol. The zero-order valence-corrected chi connectivity index (χ0v) is 8.22. The first-order valence-electron chi connectivity index (χ1n) is 3.92. The van der Waals surface area contributed by atoms with Crippen LogP contribution in [0.1, 0.15) is 20.3 Å². The minimum absolute atomic E-state index is 0.456. The lowest BCUT2D eigenvalue weighted by Gasteiger charge is -2.00. The summed E-state index contributed by atoms with van der Waals surface area (Å²) in [6, 6.07) is 0. The van der Waals surface area contributed by atoms with Crippen molar-refractivity contribution >= 4 is 28.8 Å². The number of carbonyl (C=O) groups excluding carboxylic acids is 3. The third kappa shape index (κ3) is 3.67. The fourth-order valence-electron chi connectivity index (χ4n) is 0.830. The molecule has 0 aliphatic carbocycles. The number of rotatable bonds is 5. The summed E-state index contributed by atoms with van der Waals surface area (Å²) in [6.07, 6.45) is -0.522. The van der Waals surface area contributed by atoms with Crippen molar-refractivity contribution in [2.75, 3.05) is 0 Å². The molecule has 0 aliphatic heterocycles. The first-order chi connectivity index (χ1) is 6.93. The van der Waals surface area contributed by atoms with Crippen LogP contribution >= 0.6 is 0 Å². The van der Waals surface area contributed by atoms with Gasteiger partial charge in [-0.05, 0) is 6.92 Å². The Labute approximate surface area is 85.1 Å². The smallest absolute Gasteiger partial charge is 0.194 e. The van der Waals surface area contributed by atoms with Crippen LogP contribution in [0.5, 0.6) is 0 Å². The van der Waals surface area contributed by atoms with E-state index in [9.17, 15) is 14.4 Å². The summed E-state index contributed by atoms with van der Waals surface area (Å²) in [5.41, 5.74) is -1.40. The van der Waals surface area contributed by atoms with Gasteiger partial charge in [0.05, 0.1) is 6.42 Å². The third-order valence-electron chi connectivity index (χ3n) is 1.43. The number of hydrogen-bond acceptors (Lipinski definition) is 7. The van der Waals surface area contributed by atoms with Gasteiger partial charge in [-0.3, -0.25) is 14.4 Å². The van der Waals surface area contributed by atoms with Gasteiger partial charge in [-0.2, -0.15) is 0 Å². The Balaban J connectivity index is 5.02. The van der Waals surface area contributed by atoms with Gasteiger partial charge >= 0.3 is 0 Å². The molecule has 0 amide bonds. The normalized spacial score (nSPS) is 12.4. The van der Waals surface area contributed by atoms with Crippen LogP contribution in [0.3, 0.4) is 0 Å². The third-order valence-corrected chi connectivity index (χ3v) is 1.43. The molecule has 0 aromatic rings. The van der Waals surface area contributed by atoms with Crippen molar-refractivity contribution < 1.29 is 24.8 Å². The van der Waals surface area contributed by atoms with E-state index in [1.54, 1.807) is 0 Å². The van der Waals surface area contributed by atoms with E-state index in [4.69, 9.17) is 10.4 Å². The first-order valence-corrected chi connectivity index (χ1v) is 3.92. The summed E-state index contributed by atoms with van der Waals surface area (Å²) in [5, 5.41) is 22.0. The molecule has 0 radical (unpaired) electrons. The molecular weight excluding hydrogens is 204 g/mol. The number of Topliss-reactive ketones (excluding diaryl/α,β-unsaturated/α-hetero) is 3. The Morgan fingerprint density at radius 3 is 1.73 bits per heavy atom. The largest absolute Gasteiger partial charge is 0.410 e. The Bertz CT molecular complexity index is 356. The molecule has 7 nitrogen and oxygen atoms in total. The first kappa shape index (κ1) is 12.9. The Morgan fingerprint density at radius 2 is 1.47 bits per heavy atom. The number of nitrogens with zero attached hydrogens (tertiary/aromatic N) is 2. The fraction of sp³-hybridized carbons (Fsp3) is 0.375. The topological polar surface area (TPSA) is 116 Å². The molecule has 0 aromatic heterocycles. The lowest BCUT2D eigenvalue weighted by molar-refractivity contribution is -0.122. The van der Waals surface area contributed by atoms with Crippen LogP contribution in [0, 0.1) is 0 Å². The van der Waals surface area contributed by atoms with Crippen LogP contribution in [0.2, 0.25) is 0 Å². The lowest BCUT2D eigenvalue weighted by Crippen LogP contribution is -2.30. The average Bonchev–Trinajstić information content (AvgIpc) is 2.11. The van der Waals surface area contributed by atoms with Gasteiger partial charge in [0.2, 0.25) is 0 Å². The minimum Gasteiger partial charge on any atom is -0.410 e. The molecule has 0 fully saturated rings. The molecule has 0 rings (SSSR count). The summed E-state index contributed by atoms with van der Waals surface area (Å²) < 4.78 is 0. The van der Waals surface area contributed by atoms with Gasteiger partial charge in [0.25, 0.3) is 0 Å². The molecule has 0 saturated heterocycles. The summed E-state index contributed by atoms with van der Waals surface area (Å²) in [6.45, 7) is 2.19. The zero-order valence-electron chi connectivity index (χ0n) is 8.22. The van der Waals surface area contributed by atoms with Gasteiger partial charge in [0.15, 0.2) is 23.0 Å². The second kappa shape index (κ2) is 5.63. The molecule has 0 heterocycles. The van der Waals surface area contributed by atoms with E-state index in [0.29, 0.717) is 0 Å². The van der Waals surface area contributed by atoms with E-state index in [2.05, 4.69) is 10.3 Å². The van der Waals surface area contributed by atoms with Crippen molar-refractivity contribution in [3.63, 3.8) is 0 Å². The van der Waals surface area contributed by atoms with E-state index in [0.717, 1.165) is 13.8 Å². The lowest BCUT2D eigenvalue weighted by atomic mass is 10.0. The molecule has 82 valence electrons. The minimum atomic E-state index is -0.881. The predicted molar refractivity (Wildman–Crippen MR) is 49.4 cm³/mol. The van der Waals surface area contributed by atoms with Crippen molar-refractivity contribution in [1.29, 1.82) is 0 Å². The predicted octanol–water partition coefficient (Wildman–Crippen LogP) is -0.216. The molecular formula is C8H10N2O5. The van der Waals surface area contributed by atoms with E-state index in [1.807, 2.05) is 0 Å². The van der Waals surface area contributed by atoms with Crippen molar-refractivity contribution in [3.8, 4) is 0 Å². The van der Waals surface area contributed by atoms with Crippen LogP contribution in [0.4, 0.5) is 0 Å². The van der Waals surface area contributed by atoms with Crippen LogP contribution < -0.4 is 0 Å². The van der Waals surface area contributed by atoms with Crippen LogP contribution in [-0.2, 0) is 14.4 Å². The highest BCUT2D eigenvalue weighted by molar-refractivity contribution is 6.81. The van der Waals surface area contributed by atoms with E-state index < -0.39 is 35.2 Å². The highest BCUT2D eigenvalue weighted by Crippen LogP contribution is 1.95. The summed E-state index contributed by atoms with van der Waals surface area (Å²) in [5.74, 6) is -2.09. The maximum atomic E-state index is 11.2. The number of hydrogen-bond donors (Lipinski definition) is 2. The number of oxime groups is 2. The molecule has 0 saturated carbocycles. The molecule has 2 N–H and O–H groups in total. The summed E-state index contributed by atoms with van der Waals surface area (Å²) in [4.78, 5) is 32.7. The highest BCUT2D eigenvalue weighted by Gasteiger charge is 2.24. The molecule has 0 unspecified atom stereocenters. The maximum Gasteiger partial charge on any atom is 0.194 e. The summed E-state index contributed by atoms with van der Waals surface area (Å²) >= 11 is 0. The van der Waals surface area contributed by atoms with Gasteiger partial charge < -0.3 is 10.4 Å². The summed E-state index contributed by atoms with van der Waals surface area (Å²) in [7, 11) is 0. The molecule has 0 spiro atoms. The van der Waals surface area contributed by atoms with Gasteiger partial charge in [-0.25, -0.2) is 0 Å². The molecule has 0 bridgehead atoms. The van der Waals surface area contributed by atoms with Crippen molar-refractivity contribution in [3.05, 3.63) is 0 Å². The Morgan fingerprint density at radius 1 is 1.00 bits per heavy atom. The molecule has 7 heteroatoms. The highest BCUT2D eigenvalue weighted by atomic mass is 16.4. The van der Waals surface area contributed by atoms with E-state index in [1.165, 1.54) is 0 Å². The van der Waals surface area contributed by atoms with Crippen molar-refractivity contribution in [2.45, 2.75) is 20.3 Å². The quantitative estimate of drug-likeness (QED) is 0.284. The van der Waals surface area contributed by atoms with Crippen molar-refractivity contribution in [1.82, 2.24) is 0 Å². The second-order valence-corrected chi connectivity index (χ2v) is 2.76. The van der Waals surface area contributed by atoms with Crippen LogP contribution in [-0.4, -0.2) is 39.2 Å². The Kier molecular flexibility index (Phi) is 4.86. The van der Waals surface area contributed by atoms with Crippen LogP contribution in [0.15, 0.2) is 10.3 Å². The van der Waals surface area contributed by atoms with Gasteiger partial charge in [-0.1, -0.05) is 10.3 Å². The number of carbonyl (C=O) groups is 3. The Hall–Kier alpha value is -2.05. The number of ketones is 3. The zero-order chi connectivity index (χ0) is 12.0. The van der Waals surface area contributed by atoms with E-state index in [-0.39, 0.29) is 0 Å². The standard InChI is InChI=1S/C8H10N2O5/c1-4(11)3-6(13)8(10-15)7(9-14)5(2)12/h14-15H,3H2,1-2H3. The molecule has 0 aromatic carbocycles. The molecule has 0 atom stereocenters. The fourth-order valence-corrected chi connectivity index (χ4v) is 0.830. The second-order valence-electron chi connectivity index (χ2n) is 2.76. The molecule has 15 heavy (non-hydrogen) atoms. The van der Waals surface area contributed by atoms with Gasteiger partial charge in [-0.15, -0.1) is 0 Å². The van der Waals surface area contributed by atoms with Crippen molar-refractivity contribution in [2.24, 2.45) is 10.3 Å². The SMILES string of the molecule is CC(=O)CC(=O)C(=NO)C(=NO)C(C)=O. The van der Waals surface area contributed by atoms with Gasteiger partial charge in [0.1, 0.15) is 5.78 Å². The maximum absolute atomic E-state index is 11.2. The monoisotopic (exact) mass is 214 g/mol.